The zero-order chi connectivity index (χ0) is 18.2. The van der Waals surface area contributed by atoms with Crippen LogP contribution in [-0.2, 0) is 4.79 Å². The third-order valence-corrected chi connectivity index (χ3v) is 4.06. The quantitative estimate of drug-likeness (QED) is 0.555. The van der Waals surface area contributed by atoms with Crippen molar-refractivity contribution in [2.24, 2.45) is 5.10 Å². The highest BCUT2D eigenvalue weighted by molar-refractivity contribution is 6.36. The predicted molar refractivity (Wildman–Crippen MR) is 103 cm³/mol. The van der Waals surface area contributed by atoms with Gasteiger partial charge in [0.05, 0.1) is 24.0 Å². The molecular formula is C18H19Cl2N3O2. The van der Waals surface area contributed by atoms with Crippen molar-refractivity contribution in [3.8, 4) is 5.75 Å². The molecule has 5 nitrogen and oxygen atoms in total. The van der Waals surface area contributed by atoms with Crippen molar-refractivity contribution in [3.05, 3.63) is 58.1 Å². The summed E-state index contributed by atoms with van der Waals surface area (Å²) >= 11 is 11.9. The van der Waals surface area contributed by atoms with E-state index in [2.05, 4.69) is 15.8 Å². The highest BCUT2D eigenvalue weighted by Crippen LogP contribution is 2.24. The van der Waals surface area contributed by atoms with Gasteiger partial charge in [0.2, 0.25) is 0 Å². The van der Waals surface area contributed by atoms with E-state index in [9.17, 15) is 4.79 Å². The summed E-state index contributed by atoms with van der Waals surface area (Å²) in [6.07, 6.45) is 2.06. The van der Waals surface area contributed by atoms with Gasteiger partial charge in [-0.25, -0.2) is 5.43 Å². The van der Waals surface area contributed by atoms with Gasteiger partial charge in [-0.05, 0) is 30.7 Å². The first kappa shape index (κ1) is 19.1. The van der Waals surface area contributed by atoms with Crippen molar-refractivity contribution in [3.63, 3.8) is 0 Å². The van der Waals surface area contributed by atoms with Crippen molar-refractivity contribution in [1.29, 1.82) is 0 Å². The number of carbonyl (C=O) groups excluding carboxylic acids is 1. The van der Waals surface area contributed by atoms with Crippen LogP contribution in [0.25, 0.3) is 0 Å². The number of hydrazone groups is 1. The van der Waals surface area contributed by atoms with Crippen LogP contribution in [0, 0.1) is 0 Å². The molecule has 2 aromatic carbocycles. The van der Waals surface area contributed by atoms with E-state index in [-0.39, 0.29) is 5.91 Å². The third kappa shape index (κ3) is 5.37. The summed E-state index contributed by atoms with van der Waals surface area (Å²) < 4.78 is 5.28. The molecule has 0 heterocycles. The Morgan fingerprint density at radius 1 is 1.28 bits per heavy atom. The summed E-state index contributed by atoms with van der Waals surface area (Å²) in [5.41, 5.74) is 3.93. The summed E-state index contributed by atoms with van der Waals surface area (Å²) in [4.78, 5) is 12.3. The van der Waals surface area contributed by atoms with Crippen LogP contribution in [0.15, 0.2) is 47.6 Å². The number of methoxy groups -OCH3 is 1. The molecule has 0 aliphatic heterocycles. The number of para-hydroxylation sites is 2. The maximum Gasteiger partial charge on any atom is 0.262 e. The van der Waals surface area contributed by atoms with Crippen molar-refractivity contribution in [1.82, 2.24) is 5.43 Å². The van der Waals surface area contributed by atoms with Gasteiger partial charge < -0.3 is 10.1 Å². The largest absolute Gasteiger partial charge is 0.495 e. The summed E-state index contributed by atoms with van der Waals surface area (Å²) in [5, 5.41) is 8.13. The molecule has 0 bridgehead atoms. The molecule has 0 saturated carbocycles. The molecule has 0 radical (unpaired) electrons. The van der Waals surface area contributed by atoms with E-state index in [4.69, 9.17) is 27.9 Å². The van der Waals surface area contributed by atoms with Gasteiger partial charge in [0, 0.05) is 10.6 Å². The van der Waals surface area contributed by atoms with E-state index in [1.54, 1.807) is 25.3 Å². The predicted octanol–water partition coefficient (Wildman–Crippen LogP) is 4.34. The number of hydrogen-bond acceptors (Lipinski definition) is 4. The Morgan fingerprint density at radius 2 is 2.04 bits per heavy atom. The molecule has 0 unspecified atom stereocenters. The van der Waals surface area contributed by atoms with Gasteiger partial charge in [-0.3, -0.25) is 4.79 Å². The lowest BCUT2D eigenvalue weighted by molar-refractivity contribution is -0.121. The Hall–Kier alpha value is -2.24. The Morgan fingerprint density at radius 3 is 2.72 bits per heavy atom. The van der Waals surface area contributed by atoms with Gasteiger partial charge in [0.25, 0.3) is 5.91 Å². The smallest absolute Gasteiger partial charge is 0.262 e. The lowest BCUT2D eigenvalue weighted by atomic mass is 10.2. The number of carbonyl (C=O) groups is 1. The molecular weight excluding hydrogens is 361 g/mol. The van der Waals surface area contributed by atoms with Crippen LogP contribution in [0.2, 0.25) is 10.0 Å². The van der Waals surface area contributed by atoms with E-state index in [0.29, 0.717) is 27.8 Å². The van der Waals surface area contributed by atoms with Gasteiger partial charge in [-0.15, -0.1) is 0 Å². The minimum atomic E-state index is -0.450. The van der Waals surface area contributed by atoms with Crippen LogP contribution in [-0.4, -0.2) is 25.3 Å². The average molecular weight is 380 g/mol. The first-order chi connectivity index (χ1) is 12.0. The van der Waals surface area contributed by atoms with E-state index in [1.165, 1.54) is 6.21 Å². The molecule has 25 heavy (non-hydrogen) atoms. The molecule has 2 aromatic rings. The molecule has 1 atom stereocenters. The molecule has 0 fully saturated rings. The van der Waals surface area contributed by atoms with Gasteiger partial charge in [0.15, 0.2) is 0 Å². The van der Waals surface area contributed by atoms with E-state index < -0.39 is 6.04 Å². The number of benzene rings is 2. The fraction of sp³-hybridized carbons (Fsp3) is 0.222. The van der Waals surface area contributed by atoms with Gasteiger partial charge >= 0.3 is 0 Å². The van der Waals surface area contributed by atoms with Crippen LogP contribution < -0.4 is 15.5 Å². The summed E-state index contributed by atoms with van der Waals surface area (Å²) in [6, 6.07) is 12.0. The molecule has 0 saturated heterocycles. The number of halogens is 2. The van der Waals surface area contributed by atoms with E-state index in [0.717, 1.165) is 5.69 Å². The molecule has 132 valence electrons. The van der Waals surface area contributed by atoms with Crippen LogP contribution in [0.4, 0.5) is 5.69 Å². The SMILES string of the molecule is CC[C@H](Nc1ccccc1OC)C(=O)N/N=C\c1ccc(Cl)cc1Cl. The fourth-order valence-electron chi connectivity index (χ4n) is 2.15. The van der Waals surface area contributed by atoms with Crippen LogP contribution in [0.1, 0.15) is 18.9 Å². The highest BCUT2D eigenvalue weighted by Gasteiger charge is 2.17. The fourth-order valence-corrected chi connectivity index (χ4v) is 2.61. The first-order valence-corrected chi connectivity index (χ1v) is 8.48. The number of rotatable bonds is 7. The van der Waals surface area contributed by atoms with Crippen LogP contribution in [0.3, 0.4) is 0 Å². The Bertz CT molecular complexity index is 766. The average Bonchev–Trinajstić information content (AvgIpc) is 2.61. The molecule has 7 heteroatoms. The number of nitrogens with one attached hydrogen (secondary N) is 2. The minimum absolute atomic E-state index is 0.255. The molecule has 0 aliphatic carbocycles. The van der Waals surface area contributed by atoms with Gasteiger partial charge in [0.1, 0.15) is 11.8 Å². The Balaban J connectivity index is 2.01. The third-order valence-electron chi connectivity index (χ3n) is 3.50. The normalized spacial score (nSPS) is 12.0. The maximum atomic E-state index is 12.3. The van der Waals surface area contributed by atoms with Gasteiger partial charge in [-0.1, -0.05) is 48.3 Å². The number of anilines is 1. The maximum absolute atomic E-state index is 12.3. The van der Waals surface area contributed by atoms with Gasteiger partial charge in [-0.2, -0.15) is 5.10 Å². The van der Waals surface area contributed by atoms with E-state index in [1.807, 2.05) is 31.2 Å². The van der Waals surface area contributed by atoms with Crippen LogP contribution >= 0.6 is 23.2 Å². The second-order valence-corrected chi connectivity index (χ2v) is 6.05. The van der Waals surface area contributed by atoms with Crippen molar-refractivity contribution in [2.45, 2.75) is 19.4 Å². The zero-order valence-corrected chi connectivity index (χ0v) is 15.4. The molecule has 2 N–H and O–H groups in total. The monoisotopic (exact) mass is 379 g/mol. The van der Waals surface area contributed by atoms with Crippen LogP contribution in [0.5, 0.6) is 5.75 Å². The number of amides is 1. The second-order valence-electron chi connectivity index (χ2n) is 5.21. The first-order valence-electron chi connectivity index (χ1n) is 7.72. The molecule has 0 spiro atoms. The van der Waals surface area contributed by atoms with Crippen molar-refractivity contribution < 1.29 is 9.53 Å². The number of ether oxygens (including phenoxy) is 1. The van der Waals surface area contributed by atoms with Crippen molar-refractivity contribution in [2.75, 3.05) is 12.4 Å². The molecule has 1 amide bonds. The minimum Gasteiger partial charge on any atom is -0.495 e. The summed E-state index contributed by atoms with van der Waals surface area (Å²) in [6.45, 7) is 1.91. The Kier molecular flexibility index (Phi) is 7.10. The lowest BCUT2D eigenvalue weighted by Crippen LogP contribution is -2.37. The Labute approximate surface area is 157 Å². The molecule has 0 aromatic heterocycles. The lowest BCUT2D eigenvalue weighted by Gasteiger charge is -2.18. The topological polar surface area (TPSA) is 62.7 Å². The zero-order valence-electron chi connectivity index (χ0n) is 13.9. The molecule has 0 aliphatic rings. The summed E-state index contributed by atoms with van der Waals surface area (Å²) in [5.74, 6) is 0.417. The number of hydrogen-bond donors (Lipinski definition) is 2. The highest BCUT2D eigenvalue weighted by atomic mass is 35.5. The standard InChI is InChI=1S/C18H19Cl2N3O2/c1-3-15(22-16-6-4-5-7-17(16)25-2)18(24)23-21-11-12-8-9-13(19)10-14(12)20/h4-11,15,22H,3H2,1-2H3,(H,23,24)/b21-11-/t15-/m0/s1. The van der Waals surface area contributed by atoms with E-state index >= 15 is 0 Å². The second kappa shape index (κ2) is 9.30. The summed E-state index contributed by atoms with van der Waals surface area (Å²) in [7, 11) is 1.59. The number of nitrogens with zero attached hydrogens (tertiary/aromatic N) is 1. The molecule has 2 rings (SSSR count). The van der Waals surface area contributed by atoms with Crippen molar-refractivity contribution >= 4 is 41.0 Å².